The summed E-state index contributed by atoms with van der Waals surface area (Å²) in [5.74, 6) is 0. The average molecular weight is 865 g/mol. The van der Waals surface area contributed by atoms with Gasteiger partial charge in [-0.2, -0.15) is 0 Å². The van der Waals surface area contributed by atoms with Crippen LogP contribution in [0.3, 0.4) is 0 Å². The summed E-state index contributed by atoms with van der Waals surface area (Å²) in [6, 6.07) is 59.3. The third kappa shape index (κ3) is 6.67. The smallest absolute Gasteiger partial charge is 0.136 e. The molecular weight excluding hydrogens is 813 g/mol. The van der Waals surface area contributed by atoms with Gasteiger partial charge in [-0.05, 0) is 116 Å². The van der Waals surface area contributed by atoms with Crippen LogP contribution in [0.15, 0.2) is 259 Å². The Morgan fingerprint density at radius 1 is 0.299 bits per heavy atom. The first-order chi connectivity index (χ1) is 37.4. The molecule has 0 radical (unpaired) electrons. The molecule has 0 aliphatic heterocycles. The van der Waals surface area contributed by atoms with Crippen LogP contribution in [-0.2, 0) is 0 Å². The van der Waals surface area contributed by atoms with E-state index in [2.05, 4.69) is 12.1 Å². The van der Waals surface area contributed by atoms with Crippen molar-refractivity contribution in [3.63, 3.8) is 0 Å². The largest absolute Gasteiger partial charge is 0.456 e. The molecule has 1 heterocycles. The number of anilines is 6. The molecule has 0 fully saturated rings. The Hall–Kier alpha value is -8.92. The lowest BCUT2D eigenvalue weighted by atomic mass is 9.96. The van der Waals surface area contributed by atoms with Crippen LogP contribution in [0.2, 0.25) is 0 Å². The van der Waals surface area contributed by atoms with E-state index in [1.165, 1.54) is 0 Å². The molecular formula is C64H42N2O. The molecule has 0 spiro atoms. The molecule has 0 amide bonds. The molecule has 0 saturated carbocycles. The van der Waals surface area contributed by atoms with Crippen LogP contribution in [0.1, 0.15) is 13.7 Å². The molecule has 0 aliphatic carbocycles. The number of benzene rings is 12. The van der Waals surface area contributed by atoms with Gasteiger partial charge in [0.05, 0.1) is 25.1 Å². The van der Waals surface area contributed by atoms with Crippen molar-refractivity contribution in [2.45, 2.75) is 0 Å². The van der Waals surface area contributed by atoms with E-state index in [-0.39, 0.29) is 35.5 Å². The fraction of sp³-hybridized carbons (Fsp3) is 0. The van der Waals surface area contributed by atoms with Crippen LogP contribution >= 0.6 is 0 Å². The molecule has 13 aromatic rings. The van der Waals surface area contributed by atoms with Gasteiger partial charge in [-0.25, -0.2) is 0 Å². The van der Waals surface area contributed by atoms with Crippen LogP contribution in [0.25, 0.3) is 87.3 Å². The van der Waals surface area contributed by atoms with Gasteiger partial charge in [0.15, 0.2) is 0 Å². The number of hydrogen-bond acceptors (Lipinski definition) is 3. The first-order valence-electron chi connectivity index (χ1n) is 27.1. The summed E-state index contributed by atoms with van der Waals surface area (Å²) < 4.78 is 96.2. The Morgan fingerprint density at radius 3 is 1.15 bits per heavy atom. The van der Waals surface area contributed by atoms with Crippen molar-refractivity contribution < 1.29 is 18.1 Å². The summed E-state index contributed by atoms with van der Waals surface area (Å²) in [6.07, 6.45) is 0. The molecule has 3 heteroatoms. The van der Waals surface area contributed by atoms with Crippen molar-refractivity contribution in [3.05, 3.63) is 255 Å². The van der Waals surface area contributed by atoms with Crippen molar-refractivity contribution in [2.24, 2.45) is 0 Å². The minimum atomic E-state index is -0.479. The Labute approximate surface area is 402 Å². The highest BCUT2D eigenvalue weighted by atomic mass is 16.3. The van der Waals surface area contributed by atoms with Gasteiger partial charge >= 0.3 is 0 Å². The molecule has 314 valence electrons. The standard InChI is InChI=1S/C64H42N2O/c1-5-17-43(18-6-1)57-35-31-45-21-13-15-27-55(45)63(57)65(51-23-9-3-10-24-51)53-33-29-47-39-59-60-40-48-30-34-54(38-50(48)42-62(60)67-61(59)41-49(47)37-53)66(52-25-11-4-12-26-52)64-56-28-16-14-22-46(56)32-36-58(64)44-19-7-2-8-20-44/h1-42H/i3D,4D,9D,10D,11D,12D,23D,24D,25D,26D. The monoisotopic (exact) mass is 864 g/mol. The van der Waals surface area contributed by atoms with E-state index in [9.17, 15) is 5.48 Å². The lowest BCUT2D eigenvalue weighted by Gasteiger charge is -2.29. The van der Waals surface area contributed by atoms with E-state index in [4.69, 9.17) is 12.6 Å². The third-order valence-electron chi connectivity index (χ3n) is 12.7. The Morgan fingerprint density at radius 2 is 0.701 bits per heavy atom. The predicted octanol–water partition coefficient (Wildman–Crippen LogP) is 18.5. The first kappa shape index (κ1) is 29.5. The summed E-state index contributed by atoms with van der Waals surface area (Å²) in [6.45, 7) is 0. The summed E-state index contributed by atoms with van der Waals surface area (Å²) in [5.41, 5.74) is 7.10. The van der Waals surface area contributed by atoms with Gasteiger partial charge in [-0.15, -0.1) is 0 Å². The summed E-state index contributed by atoms with van der Waals surface area (Å²) in [7, 11) is 0. The normalized spacial score (nSPS) is 13.7. The lowest BCUT2D eigenvalue weighted by molar-refractivity contribution is 0.670. The maximum Gasteiger partial charge on any atom is 0.136 e. The van der Waals surface area contributed by atoms with E-state index < -0.39 is 36.3 Å². The minimum Gasteiger partial charge on any atom is -0.456 e. The molecule has 0 bridgehead atoms. The molecule has 3 nitrogen and oxygen atoms in total. The van der Waals surface area contributed by atoms with E-state index in [0.717, 1.165) is 76.1 Å². The third-order valence-corrected chi connectivity index (χ3v) is 12.7. The summed E-state index contributed by atoms with van der Waals surface area (Å²) in [4.78, 5) is 3.60. The van der Waals surface area contributed by atoms with Gasteiger partial charge in [0.25, 0.3) is 0 Å². The van der Waals surface area contributed by atoms with Crippen molar-refractivity contribution in [3.8, 4) is 22.3 Å². The van der Waals surface area contributed by atoms with Crippen LogP contribution < -0.4 is 9.80 Å². The molecule has 12 aromatic carbocycles. The quantitative estimate of drug-likeness (QED) is 0.152. The van der Waals surface area contributed by atoms with Gasteiger partial charge in [-0.1, -0.05) is 182 Å². The molecule has 0 unspecified atom stereocenters. The number of hydrogen-bond donors (Lipinski definition) is 0. The number of furan rings is 1. The molecule has 0 N–H and O–H groups in total. The van der Waals surface area contributed by atoms with Crippen LogP contribution in [0.5, 0.6) is 0 Å². The molecule has 13 rings (SSSR count). The second-order valence-corrected chi connectivity index (χ2v) is 16.6. The Bertz CT molecular complexity index is 4250. The van der Waals surface area contributed by atoms with Crippen molar-refractivity contribution in [1.82, 2.24) is 0 Å². The van der Waals surface area contributed by atoms with Gasteiger partial charge in [0.2, 0.25) is 0 Å². The number of rotatable bonds is 8. The Balaban J connectivity index is 1.01. The van der Waals surface area contributed by atoms with Gasteiger partial charge in [0, 0.05) is 55.4 Å². The Kier molecular flexibility index (Phi) is 7.03. The fourth-order valence-corrected chi connectivity index (χ4v) is 9.66. The molecule has 0 aliphatic rings. The highest BCUT2D eigenvalue weighted by Gasteiger charge is 2.23. The van der Waals surface area contributed by atoms with Crippen molar-refractivity contribution in [2.75, 3.05) is 9.80 Å². The van der Waals surface area contributed by atoms with E-state index >= 15 is 0 Å². The number of nitrogens with zero attached hydrogens (tertiary/aromatic N) is 2. The van der Waals surface area contributed by atoms with E-state index in [0.29, 0.717) is 33.9 Å². The fourth-order valence-electron chi connectivity index (χ4n) is 9.66. The van der Waals surface area contributed by atoms with Gasteiger partial charge in [-0.3, -0.25) is 0 Å². The summed E-state index contributed by atoms with van der Waals surface area (Å²) >= 11 is 0. The maximum atomic E-state index is 9.32. The zero-order valence-corrected chi connectivity index (χ0v) is 35.8. The van der Waals surface area contributed by atoms with Crippen LogP contribution in [0, 0.1) is 0 Å². The lowest BCUT2D eigenvalue weighted by Crippen LogP contribution is -2.12. The topological polar surface area (TPSA) is 19.6 Å². The maximum absolute atomic E-state index is 9.32. The highest BCUT2D eigenvalue weighted by molar-refractivity contribution is 6.15. The number of para-hydroxylation sites is 2. The van der Waals surface area contributed by atoms with Gasteiger partial charge < -0.3 is 14.2 Å². The second-order valence-electron chi connectivity index (χ2n) is 16.6. The predicted molar refractivity (Wildman–Crippen MR) is 284 cm³/mol. The minimum absolute atomic E-state index is 0.0154. The van der Waals surface area contributed by atoms with Crippen LogP contribution in [0.4, 0.5) is 34.1 Å². The average Bonchev–Trinajstić information content (AvgIpc) is 3.89. The zero-order chi connectivity index (χ0) is 53.0. The van der Waals surface area contributed by atoms with E-state index in [1.54, 1.807) is 9.80 Å². The van der Waals surface area contributed by atoms with Gasteiger partial charge in [0.1, 0.15) is 11.2 Å². The molecule has 67 heavy (non-hydrogen) atoms. The molecule has 0 atom stereocenters. The molecule has 1 aromatic heterocycles. The second kappa shape index (κ2) is 16.0. The van der Waals surface area contributed by atoms with Crippen molar-refractivity contribution >= 4 is 99.2 Å². The SMILES string of the molecule is [2H]c1c([2H])c([2H])c(N(c2ccc3cc4c(cc3c2)oc2cc3cc(N(c5c([2H])c([2H])c([2H])c([2H])c5[2H])c5c(-c6ccccc6)ccc6ccccc56)ccc3cc24)c2c(-c3ccccc3)ccc3ccccc23)c([2H])c1[2H]. The highest BCUT2D eigenvalue weighted by Crippen LogP contribution is 2.48. The van der Waals surface area contributed by atoms with E-state index in [1.807, 2.05) is 182 Å². The summed E-state index contributed by atoms with van der Waals surface area (Å²) in [5, 5.41) is 8.59. The molecule has 0 saturated heterocycles. The zero-order valence-electron chi connectivity index (χ0n) is 45.8. The first-order valence-corrected chi connectivity index (χ1v) is 22.1. The van der Waals surface area contributed by atoms with Crippen molar-refractivity contribution in [1.29, 1.82) is 0 Å². The number of fused-ring (bicyclic) bond motifs is 7. The van der Waals surface area contributed by atoms with Crippen LogP contribution in [-0.4, -0.2) is 0 Å².